The van der Waals surface area contributed by atoms with Gasteiger partial charge in [-0.1, -0.05) is 42.8 Å². The van der Waals surface area contributed by atoms with Gasteiger partial charge in [-0.15, -0.1) is 0 Å². The van der Waals surface area contributed by atoms with Crippen LogP contribution in [0.15, 0.2) is 42.5 Å². The Morgan fingerprint density at radius 3 is 2.43 bits per heavy atom. The summed E-state index contributed by atoms with van der Waals surface area (Å²) in [6.45, 7) is 8.26. The number of nitrogens with one attached hydrogen (secondary N) is 1. The molecule has 0 aliphatic heterocycles. The third-order valence-electron chi connectivity index (χ3n) is 3.97. The summed E-state index contributed by atoms with van der Waals surface area (Å²) in [5.74, 6) is 0.605. The molecule has 0 saturated carbocycles. The topological polar surface area (TPSA) is 38.3 Å². The average Bonchev–Trinajstić information content (AvgIpc) is 2.53. The van der Waals surface area contributed by atoms with E-state index >= 15 is 0 Å². The number of carbonyl (C=O) groups excluding carboxylic acids is 1. The lowest BCUT2D eigenvalue weighted by Crippen LogP contribution is -2.31. The van der Waals surface area contributed by atoms with Crippen molar-refractivity contribution < 1.29 is 9.53 Å². The van der Waals surface area contributed by atoms with Crippen molar-refractivity contribution in [3.05, 3.63) is 64.7 Å². The number of carbonyl (C=O) groups is 1. The molecule has 3 heteroatoms. The summed E-state index contributed by atoms with van der Waals surface area (Å²) in [5.41, 5.74) is 4.80. The van der Waals surface area contributed by atoms with E-state index in [0.717, 1.165) is 17.7 Å². The van der Waals surface area contributed by atoms with E-state index in [4.69, 9.17) is 4.74 Å². The van der Waals surface area contributed by atoms with Crippen LogP contribution in [0.25, 0.3) is 0 Å². The maximum absolute atomic E-state index is 12.1. The van der Waals surface area contributed by atoms with Gasteiger partial charge in [-0.3, -0.25) is 4.79 Å². The van der Waals surface area contributed by atoms with E-state index in [1.54, 1.807) is 0 Å². The second kappa shape index (κ2) is 7.82. The molecule has 2 rings (SSSR count). The standard InChI is InChI=1S/C20H25NO2/c1-5-17-7-9-18(10-8-17)23-13-20(22)21-16(4)19-11-6-14(2)12-15(19)3/h6-12,16H,5,13H2,1-4H3,(H,21,22)/t16-/m0/s1. The molecule has 0 heterocycles. The lowest BCUT2D eigenvalue weighted by atomic mass is 10.0. The molecule has 2 aromatic carbocycles. The molecule has 0 spiro atoms. The summed E-state index contributed by atoms with van der Waals surface area (Å²) in [6.07, 6.45) is 0.994. The Morgan fingerprint density at radius 1 is 1.13 bits per heavy atom. The molecule has 0 aromatic heterocycles. The van der Waals surface area contributed by atoms with Gasteiger partial charge in [0.1, 0.15) is 5.75 Å². The fourth-order valence-corrected chi connectivity index (χ4v) is 2.64. The van der Waals surface area contributed by atoms with Gasteiger partial charge in [0.25, 0.3) is 5.91 Å². The van der Waals surface area contributed by atoms with E-state index in [-0.39, 0.29) is 18.6 Å². The highest BCUT2D eigenvalue weighted by Crippen LogP contribution is 2.18. The third-order valence-corrected chi connectivity index (χ3v) is 3.97. The van der Waals surface area contributed by atoms with Crippen LogP contribution >= 0.6 is 0 Å². The Morgan fingerprint density at radius 2 is 1.83 bits per heavy atom. The Hall–Kier alpha value is -2.29. The normalized spacial score (nSPS) is 11.8. The maximum Gasteiger partial charge on any atom is 0.258 e. The molecule has 0 fully saturated rings. The minimum atomic E-state index is -0.114. The van der Waals surface area contributed by atoms with Gasteiger partial charge in [0.05, 0.1) is 6.04 Å². The van der Waals surface area contributed by atoms with Crippen molar-refractivity contribution >= 4 is 5.91 Å². The van der Waals surface area contributed by atoms with Crippen molar-refractivity contribution in [3.8, 4) is 5.75 Å². The number of hydrogen-bond acceptors (Lipinski definition) is 2. The summed E-state index contributed by atoms with van der Waals surface area (Å²) >= 11 is 0. The molecule has 1 N–H and O–H groups in total. The average molecular weight is 311 g/mol. The van der Waals surface area contributed by atoms with Crippen LogP contribution in [0.5, 0.6) is 5.75 Å². The summed E-state index contributed by atoms with van der Waals surface area (Å²) in [6, 6.07) is 14.1. The van der Waals surface area contributed by atoms with E-state index in [2.05, 4.69) is 44.3 Å². The Bertz CT molecular complexity index is 662. The van der Waals surface area contributed by atoms with E-state index in [1.807, 2.05) is 31.2 Å². The Balaban J connectivity index is 1.88. The molecule has 3 nitrogen and oxygen atoms in total. The van der Waals surface area contributed by atoms with Gasteiger partial charge in [0, 0.05) is 0 Å². The van der Waals surface area contributed by atoms with Crippen LogP contribution in [0.1, 0.15) is 42.1 Å². The van der Waals surface area contributed by atoms with Crippen molar-refractivity contribution in [2.45, 2.75) is 40.2 Å². The molecule has 0 aliphatic rings. The number of amides is 1. The predicted octanol–water partition coefficient (Wildman–Crippen LogP) is 4.12. The minimum absolute atomic E-state index is 0.0285. The molecule has 122 valence electrons. The molecule has 1 amide bonds. The number of benzene rings is 2. The van der Waals surface area contributed by atoms with E-state index in [1.165, 1.54) is 16.7 Å². The number of ether oxygens (including phenoxy) is 1. The highest BCUT2D eigenvalue weighted by atomic mass is 16.5. The predicted molar refractivity (Wildman–Crippen MR) is 93.8 cm³/mol. The maximum atomic E-state index is 12.1. The monoisotopic (exact) mass is 311 g/mol. The molecule has 2 aromatic rings. The second-order valence-electron chi connectivity index (χ2n) is 5.94. The van der Waals surface area contributed by atoms with Crippen molar-refractivity contribution in [1.29, 1.82) is 0 Å². The van der Waals surface area contributed by atoms with Gasteiger partial charge in [-0.25, -0.2) is 0 Å². The first-order valence-electron chi connectivity index (χ1n) is 8.08. The van der Waals surface area contributed by atoms with Crippen LogP contribution in [0.2, 0.25) is 0 Å². The first-order valence-corrected chi connectivity index (χ1v) is 8.08. The fourth-order valence-electron chi connectivity index (χ4n) is 2.64. The summed E-state index contributed by atoms with van der Waals surface area (Å²) < 4.78 is 5.54. The van der Waals surface area contributed by atoms with Gasteiger partial charge in [-0.05, 0) is 56.0 Å². The Kier molecular flexibility index (Phi) is 5.80. The van der Waals surface area contributed by atoms with Crippen molar-refractivity contribution in [2.75, 3.05) is 6.61 Å². The number of aryl methyl sites for hydroxylation is 3. The lowest BCUT2D eigenvalue weighted by Gasteiger charge is -2.17. The van der Waals surface area contributed by atoms with Gasteiger partial charge in [0.2, 0.25) is 0 Å². The van der Waals surface area contributed by atoms with Crippen LogP contribution in [0.3, 0.4) is 0 Å². The molecule has 23 heavy (non-hydrogen) atoms. The third kappa shape index (κ3) is 4.85. The summed E-state index contributed by atoms with van der Waals surface area (Å²) in [4.78, 5) is 12.1. The zero-order chi connectivity index (χ0) is 16.8. The smallest absolute Gasteiger partial charge is 0.258 e. The van der Waals surface area contributed by atoms with E-state index < -0.39 is 0 Å². The molecule has 0 saturated heterocycles. The minimum Gasteiger partial charge on any atom is -0.484 e. The van der Waals surface area contributed by atoms with E-state index in [9.17, 15) is 4.79 Å². The first kappa shape index (κ1) is 17.1. The van der Waals surface area contributed by atoms with E-state index in [0.29, 0.717) is 0 Å². The quantitative estimate of drug-likeness (QED) is 0.871. The van der Waals surface area contributed by atoms with Crippen LogP contribution < -0.4 is 10.1 Å². The van der Waals surface area contributed by atoms with Crippen molar-refractivity contribution in [2.24, 2.45) is 0 Å². The summed E-state index contributed by atoms with van der Waals surface area (Å²) in [7, 11) is 0. The van der Waals surface area contributed by atoms with Crippen LogP contribution in [0, 0.1) is 13.8 Å². The fraction of sp³-hybridized carbons (Fsp3) is 0.350. The van der Waals surface area contributed by atoms with Crippen LogP contribution in [-0.4, -0.2) is 12.5 Å². The molecular weight excluding hydrogens is 286 g/mol. The number of rotatable bonds is 6. The molecule has 1 atom stereocenters. The Labute approximate surface area is 138 Å². The lowest BCUT2D eigenvalue weighted by molar-refractivity contribution is -0.123. The molecule has 0 radical (unpaired) electrons. The zero-order valence-corrected chi connectivity index (χ0v) is 14.3. The largest absolute Gasteiger partial charge is 0.484 e. The van der Waals surface area contributed by atoms with Gasteiger partial charge in [-0.2, -0.15) is 0 Å². The highest BCUT2D eigenvalue weighted by Gasteiger charge is 2.12. The highest BCUT2D eigenvalue weighted by molar-refractivity contribution is 5.78. The van der Waals surface area contributed by atoms with Gasteiger partial charge in [0.15, 0.2) is 6.61 Å². The molecule has 0 aliphatic carbocycles. The number of hydrogen-bond donors (Lipinski definition) is 1. The van der Waals surface area contributed by atoms with Crippen LogP contribution in [0.4, 0.5) is 0 Å². The van der Waals surface area contributed by atoms with Crippen molar-refractivity contribution in [1.82, 2.24) is 5.32 Å². The zero-order valence-electron chi connectivity index (χ0n) is 14.3. The van der Waals surface area contributed by atoms with Gasteiger partial charge >= 0.3 is 0 Å². The van der Waals surface area contributed by atoms with Gasteiger partial charge < -0.3 is 10.1 Å². The second-order valence-corrected chi connectivity index (χ2v) is 5.94. The van der Waals surface area contributed by atoms with Crippen LogP contribution in [-0.2, 0) is 11.2 Å². The molecule has 0 unspecified atom stereocenters. The van der Waals surface area contributed by atoms with Crippen molar-refractivity contribution in [3.63, 3.8) is 0 Å². The molecular formula is C20H25NO2. The summed E-state index contributed by atoms with van der Waals surface area (Å²) in [5, 5.41) is 2.99. The first-order chi connectivity index (χ1) is 11.0. The molecule has 0 bridgehead atoms. The SMILES string of the molecule is CCc1ccc(OCC(=O)N[C@@H](C)c2ccc(C)cc2C)cc1.